The van der Waals surface area contributed by atoms with Gasteiger partial charge in [-0.1, -0.05) is 152 Å². The molecule has 0 N–H and O–H groups in total. The molecule has 0 fully saturated rings. The van der Waals surface area contributed by atoms with Crippen LogP contribution in [0.25, 0.3) is 32.6 Å². The molecule has 0 atom stereocenters. The van der Waals surface area contributed by atoms with E-state index in [1.807, 2.05) is 236 Å². The molecule has 11 rings (SSSR count). The molecule has 0 spiro atoms. The van der Waals surface area contributed by atoms with Gasteiger partial charge in [-0.25, -0.2) is 44.9 Å². The summed E-state index contributed by atoms with van der Waals surface area (Å²) < 4.78 is 0. The van der Waals surface area contributed by atoms with Crippen LogP contribution in [0.5, 0.6) is 0 Å². The molecule has 11 aromatic rings. The monoisotopic (exact) mass is 1240 g/mol. The van der Waals surface area contributed by atoms with Crippen LogP contribution in [0, 0.1) is 118 Å². The van der Waals surface area contributed by atoms with E-state index in [0.29, 0.717) is 0 Å². The van der Waals surface area contributed by atoms with Crippen molar-refractivity contribution in [3.05, 3.63) is 237 Å². The van der Waals surface area contributed by atoms with E-state index in [1.54, 1.807) is 31.1 Å². The van der Waals surface area contributed by atoms with Crippen LogP contribution < -0.4 is 0 Å². The highest BCUT2D eigenvalue weighted by molar-refractivity contribution is 5.85. The molecule has 0 radical (unpaired) electrons. The molecule has 0 bridgehead atoms. The summed E-state index contributed by atoms with van der Waals surface area (Å²) in [7, 11) is 0. The Kier molecular flexibility index (Phi) is 53.9. The van der Waals surface area contributed by atoms with Crippen molar-refractivity contribution in [3.63, 3.8) is 0 Å². The summed E-state index contributed by atoms with van der Waals surface area (Å²) in [5, 5.41) is 5.04. The van der Waals surface area contributed by atoms with Gasteiger partial charge < -0.3 is 0 Å². The standard InChI is InChI=1S/3C11H11N.C6H9N3.4C6H8N2.7C2H6/c1-8-6-9(2)10-4-3-5-12-11(10)7-8;1-8-7-10-5-3-4-6-11(10)9(2)12-8;1-8-7-9(2)12-11-6-4-3-5-10(8)11;1-4-7-5(2)9-6(3)8-4;1-5-3-7-4-6(2)8-5;1-5-3-6(2)8-4-7-5;2*1-5-3-4-7-6(2)8-5;7*1-2/h3*3-7H,1-2H3;1-3H3;4*3-4H,1-2H3;7*1-2H3. The fraction of sp³-hybridized carbons (Fsp3) is 0.403. The highest BCUT2D eigenvalue weighted by atomic mass is 15.0. The first-order valence-corrected chi connectivity index (χ1v) is 32.3. The number of rotatable bonds is 0. The van der Waals surface area contributed by atoms with Crippen molar-refractivity contribution in [2.75, 3.05) is 0 Å². The lowest BCUT2D eigenvalue weighted by molar-refractivity contribution is 0.875. The first kappa shape index (κ1) is 88.6. The van der Waals surface area contributed by atoms with Crippen molar-refractivity contribution in [2.24, 2.45) is 0 Å². The largest absolute Gasteiger partial charge is 0.261 e. The van der Waals surface area contributed by atoms with Gasteiger partial charge in [-0.3, -0.25) is 24.9 Å². The summed E-state index contributed by atoms with van der Waals surface area (Å²) in [5.74, 6) is 4.05. The smallest absolute Gasteiger partial charge is 0.129 e. The second-order valence-electron chi connectivity index (χ2n) is 18.4. The lowest BCUT2D eigenvalue weighted by Crippen LogP contribution is -1.97. The normalized spacial score (nSPS) is 8.82. The molecule has 14 heteroatoms. The van der Waals surface area contributed by atoms with Crippen LogP contribution in [0.2, 0.25) is 0 Å². The molecule has 8 heterocycles. The van der Waals surface area contributed by atoms with Crippen LogP contribution >= 0.6 is 0 Å². The van der Waals surface area contributed by atoms with Crippen LogP contribution in [-0.2, 0) is 0 Å². The van der Waals surface area contributed by atoms with Crippen molar-refractivity contribution >= 4 is 32.6 Å². The predicted octanol–water partition coefficient (Wildman–Crippen LogP) is 20.9. The summed E-state index contributed by atoms with van der Waals surface area (Å²) in [5.41, 5.74) is 15.4. The molecular weight excluding hydrogens is 1120 g/mol. The van der Waals surface area contributed by atoms with Crippen molar-refractivity contribution in [3.8, 4) is 0 Å². The van der Waals surface area contributed by atoms with Crippen molar-refractivity contribution in [2.45, 2.75) is 215 Å². The lowest BCUT2D eigenvalue weighted by Gasteiger charge is -2.01. The molecule has 8 aromatic heterocycles. The average Bonchev–Trinajstić information content (AvgIpc) is 1.13. The van der Waals surface area contributed by atoms with Crippen molar-refractivity contribution < 1.29 is 0 Å². The minimum atomic E-state index is 0.792. The third-order valence-corrected chi connectivity index (χ3v) is 10.8. The number of aryl methyl sites for hydroxylation is 17. The number of hydrogen-bond acceptors (Lipinski definition) is 14. The van der Waals surface area contributed by atoms with Gasteiger partial charge in [0.2, 0.25) is 0 Å². The Morgan fingerprint density at radius 2 is 0.670 bits per heavy atom. The summed E-state index contributed by atoms with van der Waals surface area (Å²) >= 11 is 0. The highest BCUT2D eigenvalue weighted by Crippen LogP contribution is 2.19. The molecule has 14 nitrogen and oxygen atoms in total. The van der Waals surface area contributed by atoms with E-state index in [1.165, 1.54) is 38.2 Å². The van der Waals surface area contributed by atoms with Gasteiger partial charge in [-0.2, -0.15) is 0 Å². The van der Waals surface area contributed by atoms with Crippen LogP contribution in [0.1, 0.15) is 194 Å². The molecule has 91 heavy (non-hydrogen) atoms. The third kappa shape index (κ3) is 40.5. The zero-order chi connectivity index (χ0) is 70.4. The van der Waals surface area contributed by atoms with Crippen LogP contribution in [-0.4, -0.2) is 69.8 Å². The number of benzene rings is 3. The second-order valence-corrected chi connectivity index (χ2v) is 18.4. The van der Waals surface area contributed by atoms with Crippen LogP contribution in [0.15, 0.2) is 140 Å². The fourth-order valence-electron chi connectivity index (χ4n) is 7.70. The molecule has 0 saturated heterocycles. The Bertz CT molecular complexity index is 3110. The van der Waals surface area contributed by atoms with E-state index in [-0.39, 0.29) is 0 Å². The molecule has 0 amide bonds. The Morgan fingerprint density at radius 3 is 1.09 bits per heavy atom. The lowest BCUT2D eigenvalue weighted by atomic mass is 10.1. The Morgan fingerprint density at radius 1 is 0.253 bits per heavy atom. The molecule has 0 saturated carbocycles. The Balaban J connectivity index is -0.000000464. The van der Waals surface area contributed by atoms with Gasteiger partial charge in [0.1, 0.15) is 35.4 Å². The number of para-hydroxylation sites is 1. The fourth-order valence-corrected chi connectivity index (χ4v) is 7.70. The van der Waals surface area contributed by atoms with Gasteiger partial charge in [0.15, 0.2) is 0 Å². The maximum absolute atomic E-state index is 4.44. The molecule has 0 aliphatic heterocycles. The molecular formula is C77H116N14. The van der Waals surface area contributed by atoms with E-state index in [4.69, 9.17) is 0 Å². The maximum atomic E-state index is 4.44. The Hall–Kier alpha value is -8.78. The number of fused-ring (bicyclic) bond motifs is 3. The molecule has 0 aliphatic rings. The van der Waals surface area contributed by atoms with E-state index in [2.05, 4.69) is 158 Å². The highest BCUT2D eigenvalue weighted by Gasteiger charge is 2.00. The first-order valence-electron chi connectivity index (χ1n) is 32.3. The zero-order valence-electron chi connectivity index (χ0n) is 62.0. The first-order chi connectivity index (χ1) is 43.6. The topological polar surface area (TPSA) is 180 Å². The van der Waals surface area contributed by atoms with Crippen molar-refractivity contribution in [1.29, 1.82) is 0 Å². The van der Waals surface area contributed by atoms with Gasteiger partial charge in [-0.05, 0) is 188 Å². The maximum Gasteiger partial charge on any atom is 0.129 e. The number of nitrogens with zero attached hydrogens (tertiary/aromatic N) is 14. The van der Waals surface area contributed by atoms with E-state index in [0.717, 1.165) is 91.4 Å². The van der Waals surface area contributed by atoms with E-state index >= 15 is 0 Å². The number of aromatic nitrogens is 14. The van der Waals surface area contributed by atoms with E-state index < -0.39 is 0 Å². The van der Waals surface area contributed by atoms with Gasteiger partial charge in [0.05, 0.1) is 22.4 Å². The number of pyridine rings is 3. The van der Waals surface area contributed by atoms with Gasteiger partial charge >= 0.3 is 0 Å². The molecule has 3 aromatic carbocycles. The molecule has 0 aliphatic carbocycles. The number of hydrogen-bond donors (Lipinski definition) is 0. The van der Waals surface area contributed by atoms with Crippen molar-refractivity contribution in [1.82, 2.24) is 69.8 Å². The SMILES string of the molecule is CC.CC.CC.CC.CC.CC.CC.Cc1cc(C)c2ccccc2n1.Cc1cc(C)c2cccnc2c1.Cc1cc(C)ncn1.Cc1cc2ccccc2c(C)n1.Cc1ccnc(C)n1.Cc1ccnc(C)n1.Cc1cncc(C)n1.Cc1nc(C)nc(C)n1. The summed E-state index contributed by atoms with van der Waals surface area (Å²) in [6.07, 6.45) is 10.4. The molecule has 494 valence electrons. The second kappa shape index (κ2) is 55.3. The summed E-state index contributed by atoms with van der Waals surface area (Å²) in [6.45, 7) is 61.5. The third-order valence-electron chi connectivity index (χ3n) is 10.8. The average molecular weight is 1240 g/mol. The van der Waals surface area contributed by atoms with Gasteiger partial charge in [0, 0.05) is 87.0 Å². The predicted molar refractivity (Wildman–Crippen MR) is 393 cm³/mol. The summed E-state index contributed by atoms with van der Waals surface area (Å²) in [6, 6.07) is 34.9. The van der Waals surface area contributed by atoms with E-state index in [9.17, 15) is 0 Å². The van der Waals surface area contributed by atoms with Crippen LogP contribution in [0.3, 0.4) is 0 Å². The minimum Gasteiger partial charge on any atom is -0.261 e. The van der Waals surface area contributed by atoms with Gasteiger partial charge in [0.25, 0.3) is 0 Å². The Labute approximate surface area is 551 Å². The van der Waals surface area contributed by atoms with Crippen LogP contribution in [0.4, 0.5) is 0 Å². The van der Waals surface area contributed by atoms with Gasteiger partial charge in [-0.15, -0.1) is 0 Å². The quantitative estimate of drug-likeness (QED) is 0.140. The minimum absolute atomic E-state index is 0.792. The zero-order valence-corrected chi connectivity index (χ0v) is 62.0. The molecule has 0 unspecified atom stereocenters. The summed E-state index contributed by atoms with van der Waals surface area (Å²) in [4.78, 5) is 57.1.